The minimum absolute atomic E-state index is 0.421. The van der Waals surface area contributed by atoms with Crippen LogP contribution in [0.4, 0.5) is 5.69 Å². The number of hydrogen-bond donors (Lipinski definition) is 0. The largest absolute Gasteiger partial charge is 0.438 e. The molecule has 28 heavy (non-hydrogen) atoms. The van der Waals surface area contributed by atoms with Gasteiger partial charge in [-0.05, 0) is 68.2 Å². The van der Waals surface area contributed by atoms with Gasteiger partial charge >= 0.3 is 0 Å². The van der Waals surface area contributed by atoms with Gasteiger partial charge in [-0.15, -0.1) is 0 Å². The molecule has 0 radical (unpaired) electrons. The number of likely N-dealkylation sites (N-methyl/N-ethyl adjacent to an activating group) is 1. The Bertz CT molecular complexity index is 1070. The average molecular weight is 393 g/mol. The molecule has 2 fully saturated rings. The van der Waals surface area contributed by atoms with Crippen molar-refractivity contribution in [1.82, 2.24) is 9.88 Å². The van der Waals surface area contributed by atoms with Crippen LogP contribution in [-0.2, 0) is 0 Å². The van der Waals surface area contributed by atoms with Gasteiger partial charge in [0.1, 0.15) is 11.6 Å². The quantitative estimate of drug-likeness (QED) is 0.641. The van der Waals surface area contributed by atoms with Crippen LogP contribution in [0.15, 0.2) is 21.2 Å². The van der Waals surface area contributed by atoms with Gasteiger partial charge in [0, 0.05) is 30.6 Å². The van der Waals surface area contributed by atoms with Crippen molar-refractivity contribution in [2.45, 2.75) is 38.1 Å². The Kier molecular flexibility index (Phi) is 4.18. The third-order valence-electron chi connectivity index (χ3n) is 6.14. The lowest BCUT2D eigenvalue weighted by Crippen LogP contribution is -2.31. The summed E-state index contributed by atoms with van der Waals surface area (Å²) < 4.78 is 6.35. The SMILES string of the molecule is Cc1c(-c2ccsc2)c(N2CCC(N(C)C)C2)c2oc(C3CC3)nc2c1C#N. The lowest BCUT2D eigenvalue weighted by Gasteiger charge is -2.25. The Morgan fingerprint density at radius 2 is 2.14 bits per heavy atom. The molecule has 1 aliphatic heterocycles. The third-order valence-corrected chi connectivity index (χ3v) is 6.82. The van der Waals surface area contributed by atoms with Crippen LogP contribution in [0, 0.1) is 18.3 Å². The van der Waals surface area contributed by atoms with Crippen LogP contribution in [0.1, 0.15) is 42.2 Å². The van der Waals surface area contributed by atoms with E-state index in [0.29, 0.717) is 17.5 Å². The Hall–Kier alpha value is -2.36. The van der Waals surface area contributed by atoms with E-state index >= 15 is 0 Å². The molecule has 1 aromatic carbocycles. The van der Waals surface area contributed by atoms with E-state index in [4.69, 9.17) is 9.40 Å². The van der Waals surface area contributed by atoms with Crippen molar-refractivity contribution in [2.75, 3.05) is 32.1 Å². The molecule has 0 spiro atoms. The molecular weight excluding hydrogens is 368 g/mol. The number of thiophene rings is 1. The van der Waals surface area contributed by atoms with Crippen LogP contribution in [0.5, 0.6) is 0 Å². The zero-order valence-electron chi connectivity index (χ0n) is 16.5. The standard InChI is InChI=1S/C22H24N4OS/c1-13-17(10-23)19-21(27-22(24-19)14-4-5-14)20(18(13)15-7-9-28-12-15)26-8-6-16(11-26)25(2)3/h7,9,12,14,16H,4-6,8,11H2,1-3H3. The highest BCUT2D eigenvalue weighted by Gasteiger charge is 2.34. The van der Waals surface area contributed by atoms with E-state index in [1.807, 2.05) is 0 Å². The average Bonchev–Trinajstić information content (AvgIpc) is 3.09. The summed E-state index contributed by atoms with van der Waals surface area (Å²) in [6.07, 6.45) is 3.39. The van der Waals surface area contributed by atoms with Crippen molar-refractivity contribution >= 4 is 28.1 Å². The second-order valence-corrected chi connectivity index (χ2v) is 8.98. The molecule has 1 aliphatic carbocycles. The summed E-state index contributed by atoms with van der Waals surface area (Å²) in [4.78, 5) is 9.53. The predicted molar refractivity (Wildman–Crippen MR) is 113 cm³/mol. The van der Waals surface area contributed by atoms with Crippen molar-refractivity contribution < 1.29 is 4.42 Å². The first-order chi connectivity index (χ1) is 13.6. The fraction of sp³-hybridized carbons (Fsp3) is 0.455. The third kappa shape index (κ3) is 2.73. The Labute approximate surface area is 169 Å². The van der Waals surface area contributed by atoms with Gasteiger partial charge in [-0.1, -0.05) is 0 Å². The molecule has 0 amide bonds. The van der Waals surface area contributed by atoms with Crippen LogP contribution in [-0.4, -0.2) is 43.1 Å². The molecule has 1 saturated carbocycles. The molecule has 5 nitrogen and oxygen atoms in total. The molecular formula is C22H24N4OS. The first-order valence-electron chi connectivity index (χ1n) is 9.89. The first-order valence-corrected chi connectivity index (χ1v) is 10.8. The fourth-order valence-corrected chi connectivity index (χ4v) is 4.98. The summed E-state index contributed by atoms with van der Waals surface area (Å²) in [6, 6.07) is 5.07. The summed E-state index contributed by atoms with van der Waals surface area (Å²) in [5.41, 5.74) is 6.60. The van der Waals surface area contributed by atoms with E-state index in [-0.39, 0.29) is 0 Å². The number of hydrogen-bond acceptors (Lipinski definition) is 6. The summed E-state index contributed by atoms with van der Waals surface area (Å²) in [5.74, 6) is 1.22. The van der Waals surface area contributed by atoms with Crippen LogP contribution >= 0.6 is 11.3 Å². The number of oxazole rings is 1. The number of fused-ring (bicyclic) bond motifs is 1. The maximum Gasteiger partial charge on any atom is 0.198 e. The zero-order valence-corrected chi connectivity index (χ0v) is 17.3. The topological polar surface area (TPSA) is 56.3 Å². The normalized spacial score (nSPS) is 19.7. The molecule has 2 aliphatic rings. The van der Waals surface area contributed by atoms with Crippen molar-refractivity contribution in [3.8, 4) is 17.2 Å². The van der Waals surface area contributed by atoms with E-state index < -0.39 is 0 Å². The number of anilines is 1. The van der Waals surface area contributed by atoms with Gasteiger partial charge in [0.15, 0.2) is 11.5 Å². The van der Waals surface area contributed by atoms with Gasteiger partial charge in [0.25, 0.3) is 0 Å². The first kappa shape index (κ1) is 17.7. The molecule has 3 aromatic rings. The Morgan fingerprint density at radius 3 is 2.75 bits per heavy atom. The smallest absolute Gasteiger partial charge is 0.198 e. The summed E-state index contributed by atoms with van der Waals surface area (Å²) in [5, 5.41) is 14.2. The molecule has 144 valence electrons. The maximum atomic E-state index is 9.92. The lowest BCUT2D eigenvalue weighted by molar-refractivity contribution is 0.315. The highest BCUT2D eigenvalue weighted by Crippen LogP contribution is 2.47. The Morgan fingerprint density at radius 1 is 1.32 bits per heavy atom. The molecule has 2 aromatic heterocycles. The maximum absolute atomic E-state index is 9.92. The minimum atomic E-state index is 0.421. The summed E-state index contributed by atoms with van der Waals surface area (Å²) >= 11 is 1.68. The monoisotopic (exact) mass is 392 g/mol. The highest BCUT2D eigenvalue weighted by molar-refractivity contribution is 7.08. The lowest BCUT2D eigenvalue weighted by atomic mass is 9.94. The van der Waals surface area contributed by atoms with Crippen LogP contribution < -0.4 is 4.90 Å². The molecule has 1 atom stereocenters. The predicted octanol–water partition coefficient (Wildman–Crippen LogP) is 4.75. The molecule has 1 saturated heterocycles. The van der Waals surface area contributed by atoms with Gasteiger partial charge < -0.3 is 14.2 Å². The van der Waals surface area contributed by atoms with Crippen LogP contribution in [0.2, 0.25) is 0 Å². The van der Waals surface area contributed by atoms with E-state index in [0.717, 1.165) is 71.7 Å². The number of nitriles is 1. The van der Waals surface area contributed by atoms with E-state index in [9.17, 15) is 5.26 Å². The Balaban J connectivity index is 1.78. The number of rotatable bonds is 4. The van der Waals surface area contributed by atoms with E-state index in [1.165, 1.54) is 0 Å². The fourth-order valence-electron chi connectivity index (χ4n) is 4.33. The minimum Gasteiger partial charge on any atom is -0.438 e. The van der Waals surface area contributed by atoms with Gasteiger partial charge in [-0.3, -0.25) is 0 Å². The number of benzene rings is 1. The number of nitrogens with zero attached hydrogens (tertiary/aromatic N) is 4. The molecule has 0 bridgehead atoms. The molecule has 6 heteroatoms. The van der Waals surface area contributed by atoms with E-state index in [1.54, 1.807) is 11.3 Å². The second kappa shape index (κ2) is 6.61. The van der Waals surface area contributed by atoms with Crippen LogP contribution in [0.3, 0.4) is 0 Å². The molecule has 5 rings (SSSR count). The highest BCUT2D eigenvalue weighted by atomic mass is 32.1. The molecule has 3 heterocycles. The van der Waals surface area contributed by atoms with Gasteiger partial charge in [-0.2, -0.15) is 16.6 Å². The molecule has 0 N–H and O–H groups in total. The van der Waals surface area contributed by atoms with Gasteiger partial charge in [0.05, 0.1) is 11.3 Å². The second-order valence-electron chi connectivity index (χ2n) is 8.20. The van der Waals surface area contributed by atoms with Crippen molar-refractivity contribution in [3.63, 3.8) is 0 Å². The summed E-state index contributed by atoms with van der Waals surface area (Å²) in [6.45, 7) is 4.00. The van der Waals surface area contributed by atoms with Crippen molar-refractivity contribution in [1.29, 1.82) is 5.26 Å². The van der Waals surface area contributed by atoms with Crippen molar-refractivity contribution in [2.24, 2.45) is 0 Å². The van der Waals surface area contributed by atoms with Crippen LogP contribution in [0.25, 0.3) is 22.2 Å². The summed E-state index contributed by atoms with van der Waals surface area (Å²) in [7, 11) is 4.29. The van der Waals surface area contributed by atoms with Crippen molar-refractivity contribution in [3.05, 3.63) is 33.8 Å². The number of aromatic nitrogens is 1. The molecule has 1 unspecified atom stereocenters. The van der Waals surface area contributed by atoms with Gasteiger partial charge in [-0.25, -0.2) is 4.98 Å². The van der Waals surface area contributed by atoms with E-state index in [2.05, 4.69) is 53.7 Å². The zero-order chi connectivity index (χ0) is 19.4. The van der Waals surface area contributed by atoms with Gasteiger partial charge in [0.2, 0.25) is 0 Å².